The van der Waals surface area contributed by atoms with Crippen molar-refractivity contribution in [1.82, 2.24) is 15.2 Å². The van der Waals surface area contributed by atoms with E-state index in [-0.39, 0.29) is 5.54 Å². The first-order valence-electron chi connectivity index (χ1n) is 7.84. The van der Waals surface area contributed by atoms with Crippen LogP contribution in [0.15, 0.2) is 18.2 Å². The molecule has 1 heterocycles. The van der Waals surface area contributed by atoms with Crippen LogP contribution in [0.25, 0.3) is 0 Å². The fourth-order valence-electron chi connectivity index (χ4n) is 2.80. The van der Waals surface area contributed by atoms with Crippen molar-refractivity contribution in [2.75, 3.05) is 7.05 Å². The molecule has 0 aliphatic heterocycles. The van der Waals surface area contributed by atoms with Crippen molar-refractivity contribution < 1.29 is 0 Å². The molecule has 1 aromatic rings. The zero-order valence-corrected chi connectivity index (χ0v) is 13.4. The largest absolute Gasteiger partial charge is 0.306 e. The average molecular weight is 275 g/mol. The summed E-state index contributed by atoms with van der Waals surface area (Å²) < 4.78 is 0. The lowest BCUT2D eigenvalue weighted by Crippen LogP contribution is -2.35. The van der Waals surface area contributed by atoms with Crippen LogP contribution in [0, 0.1) is 0 Å². The van der Waals surface area contributed by atoms with Gasteiger partial charge in [-0.15, -0.1) is 0 Å². The zero-order chi connectivity index (χ0) is 14.6. The molecule has 1 saturated carbocycles. The van der Waals surface area contributed by atoms with Crippen LogP contribution >= 0.6 is 0 Å². The molecule has 0 radical (unpaired) electrons. The number of pyridine rings is 1. The molecule has 0 atom stereocenters. The predicted molar refractivity (Wildman–Crippen MR) is 84.6 cm³/mol. The summed E-state index contributed by atoms with van der Waals surface area (Å²) >= 11 is 0. The minimum Gasteiger partial charge on any atom is -0.306 e. The maximum Gasteiger partial charge on any atom is 0.0547 e. The van der Waals surface area contributed by atoms with Crippen molar-refractivity contribution in [3.63, 3.8) is 0 Å². The van der Waals surface area contributed by atoms with Crippen molar-refractivity contribution in [3.8, 4) is 0 Å². The highest BCUT2D eigenvalue weighted by Gasteiger charge is 2.19. The number of hydrogen-bond donors (Lipinski definition) is 1. The molecule has 1 aromatic heterocycles. The molecule has 20 heavy (non-hydrogen) atoms. The van der Waals surface area contributed by atoms with Crippen LogP contribution in [0.3, 0.4) is 0 Å². The lowest BCUT2D eigenvalue weighted by molar-refractivity contribution is 0.234. The summed E-state index contributed by atoms with van der Waals surface area (Å²) in [4.78, 5) is 7.25. The first-order chi connectivity index (χ1) is 9.44. The van der Waals surface area contributed by atoms with Crippen LogP contribution in [0.5, 0.6) is 0 Å². The minimum absolute atomic E-state index is 0.137. The van der Waals surface area contributed by atoms with E-state index < -0.39 is 0 Å². The molecular weight excluding hydrogens is 246 g/mol. The summed E-state index contributed by atoms with van der Waals surface area (Å²) in [6.07, 6.45) is 5.47. The molecule has 1 aliphatic rings. The Kier molecular flexibility index (Phi) is 5.17. The van der Waals surface area contributed by atoms with Crippen molar-refractivity contribution in [3.05, 3.63) is 29.6 Å². The van der Waals surface area contributed by atoms with E-state index in [1.54, 1.807) is 0 Å². The second-order valence-electron chi connectivity index (χ2n) is 7.08. The van der Waals surface area contributed by atoms with Gasteiger partial charge in [0.25, 0.3) is 0 Å². The first kappa shape index (κ1) is 15.5. The van der Waals surface area contributed by atoms with Crippen LogP contribution < -0.4 is 5.32 Å². The van der Waals surface area contributed by atoms with Crippen LogP contribution in [0.4, 0.5) is 0 Å². The third kappa shape index (κ3) is 4.88. The molecule has 0 bridgehead atoms. The van der Waals surface area contributed by atoms with Crippen LogP contribution in [0.1, 0.15) is 57.8 Å². The minimum atomic E-state index is 0.137. The van der Waals surface area contributed by atoms with E-state index in [4.69, 9.17) is 4.98 Å². The predicted octanol–water partition coefficient (Wildman–Crippen LogP) is 3.34. The highest BCUT2D eigenvalue weighted by Crippen LogP contribution is 2.23. The second-order valence-corrected chi connectivity index (χ2v) is 7.08. The maximum absolute atomic E-state index is 4.78. The fraction of sp³-hybridized carbons (Fsp3) is 0.706. The molecule has 1 N–H and O–H groups in total. The van der Waals surface area contributed by atoms with Crippen molar-refractivity contribution in [2.24, 2.45) is 0 Å². The van der Waals surface area contributed by atoms with Crippen molar-refractivity contribution in [2.45, 2.75) is 71.1 Å². The van der Waals surface area contributed by atoms with Gasteiger partial charge in [0, 0.05) is 24.7 Å². The molecule has 0 unspecified atom stereocenters. The molecule has 1 fully saturated rings. The standard InChI is InChI=1S/C17H29N3/c1-17(2,3)18-12-14-8-7-9-15(19-14)13-20(4)16-10-5-6-11-16/h7-9,16,18H,5-6,10-13H2,1-4H3. The zero-order valence-electron chi connectivity index (χ0n) is 13.4. The lowest BCUT2D eigenvalue weighted by Gasteiger charge is -2.24. The van der Waals surface area contributed by atoms with E-state index in [2.05, 4.69) is 56.2 Å². The summed E-state index contributed by atoms with van der Waals surface area (Å²) in [5.74, 6) is 0. The Morgan fingerprint density at radius 1 is 1.20 bits per heavy atom. The molecule has 2 rings (SSSR count). The second kappa shape index (κ2) is 6.68. The number of nitrogens with one attached hydrogen (secondary N) is 1. The number of aromatic nitrogens is 1. The topological polar surface area (TPSA) is 28.2 Å². The monoisotopic (exact) mass is 275 g/mol. The Morgan fingerprint density at radius 3 is 2.50 bits per heavy atom. The number of rotatable bonds is 5. The molecule has 0 amide bonds. The van der Waals surface area contributed by atoms with Gasteiger partial charge in [0.2, 0.25) is 0 Å². The lowest BCUT2D eigenvalue weighted by atomic mass is 10.1. The van der Waals surface area contributed by atoms with Gasteiger partial charge in [0.1, 0.15) is 0 Å². The van der Waals surface area contributed by atoms with Gasteiger partial charge in [-0.05, 0) is 52.8 Å². The summed E-state index contributed by atoms with van der Waals surface area (Å²) in [5.41, 5.74) is 2.46. The third-order valence-corrected chi connectivity index (χ3v) is 4.02. The summed E-state index contributed by atoms with van der Waals surface area (Å²) in [6.45, 7) is 8.36. The Bertz CT molecular complexity index is 416. The Balaban J connectivity index is 1.91. The van der Waals surface area contributed by atoms with Crippen LogP contribution in [0.2, 0.25) is 0 Å². The maximum atomic E-state index is 4.78. The summed E-state index contributed by atoms with van der Waals surface area (Å²) in [6, 6.07) is 7.14. The molecular formula is C17H29N3. The van der Waals surface area contributed by atoms with E-state index in [0.29, 0.717) is 0 Å². The van der Waals surface area contributed by atoms with E-state index >= 15 is 0 Å². The molecule has 0 saturated heterocycles. The molecule has 112 valence electrons. The summed E-state index contributed by atoms with van der Waals surface area (Å²) in [7, 11) is 2.23. The van der Waals surface area contributed by atoms with Crippen LogP contribution in [-0.4, -0.2) is 28.5 Å². The first-order valence-corrected chi connectivity index (χ1v) is 7.84. The smallest absolute Gasteiger partial charge is 0.0547 e. The molecule has 0 aromatic carbocycles. The third-order valence-electron chi connectivity index (χ3n) is 4.02. The van der Waals surface area contributed by atoms with E-state index in [9.17, 15) is 0 Å². The van der Waals surface area contributed by atoms with E-state index in [1.807, 2.05) is 0 Å². The average Bonchev–Trinajstić information content (AvgIpc) is 2.90. The molecule has 0 spiro atoms. The van der Waals surface area contributed by atoms with Gasteiger partial charge < -0.3 is 5.32 Å². The fourth-order valence-corrected chi connectivity index (χ4v) is 2.80. The number of hydrogen-bond acceptors (Lipinski definition) is 3. The Labute approximate surface area is 123 Å². The Hall–Kier alpha value is -0.930. The molecule has 1 aliphatic carbocycles. The van der Waals surface area contributed by atoms with Gasteiger partial charge in [0.15, 0.2) is 0 Å². The highest BCUT2D eigenvalue weighted by molar-refractivity contribution is 5.11. The van der Waals surface area contributed by atoms with Gasteiger partial charge in [-0.3, -0.25) is 9.88 Å². The molecule has 3 nitrogen and oxygen atoms in total. The van der Waals surface area contributed by atoms with Crippen molar-refractivity contribution in [1.29, 1.82) is 0 Å². The summed E-state index contributed by atoms with van der Waals surface area (Å²) in [5, 5.41) is 3.50. The Morgan fingerprint density at radius 2 is 1.85 bits per heavy atom. The van der Waals surface area contributed by atoms with Gasteiger partial charge in [0.05, 0.1) is 11.4 Å². The SMILES string of the molecule is CN(Cc1cccc(CNC(C)(C)C)n1)C1CCCC1. The van der Waals surface area contributed by atoms with E-state index in [1.165, 1.54) is 31.4 Å². The van der Waals surface area contributed by atoms with Gasteiger partial charge >= 0.3 is 0 Å². The van der Waals surface area contributed by atoms with Crippen LogP contribution in [-0.2, 0) is 13.1 Å². The van der Waals surface area contributed by atoms with E-state index in [0.717, 1.165) is 24.8 Å². The highest BCUT2D eigenvalue weighted by atomic mass is 15.1. The van der Waals surface area contributed by atoms with Gasteiger partial charge in [-0.1, -0.05) is 18.9 Å². The quantitative estimate of drug-likeness (QED) is 0.893. The van der Waals surface area contributed by atoms with Crippen molar-refractivity contribution >= 4 is 0 Å². The normalized spacial score (nSPS) is 17.1. The molecule has 3 heteroatoms. The number of nitrogens with zero attached hydrogens (tertiary/aromatic N) is 2. The van der Waals surface area contributed by atoms with Gasteiger partial charge in [-0.25, -0.2) is 0 Å². The van der Waals surface area contributed by atoms with Gasteiger partial charge in [-0.2, -0.15) is 0 Å².